The molecule has 8 nitrogen and oxygen atoms in total. The molecule has 8 heteroatoms. The Balaban J connectivity index is 1.69. The topological polar surface area (TPSA) is 117 Å². The normalized spacial score (nSPS) is 15.7. The van der Waals surface area contributed by atoms with Crippen LogP contribution in [0.3, 0.4) is 0 Å². The lowest BCUT2D eigenvalue weighted by molar-refractivity contribution is -0.137. The Bertz CT molecular complexity index is 484. The van der Waals surface area contributed by atoms with Gasteiger partial charge >= 0.3 is 12.0 Å². The largest absolute Gasteiger partial charge is 0.481 e. The second-order valence-electron chi connectivity index (χ2n) is 4.92. The lowest BCUT2D eigenvalue weighted by Gasteiger charge is -2.16. The number of hydrogen-bond acceptors (Lipinski definition) is 5. The van der Waals surface area contributed by atoms with Crippen LogP contribution in [0, 0.1) is 12.8 Å². The number of nitrogens with one attached hydrogen (secondary N) is 2. The summed E-state index contributed by atoms with van der Waals surface area (Å²) in [7, 11) is 0. The van der Waals surface area contributed by atoms with Crippen molar-refractivity contribution in [3.8, 4) is 0 Å². The molecule has 1 aliphatic carbocycles. The van der Waals surface area contributed by atoms with Crippen molar-refractivity contribution in [2.24, 2.45) is 5.92 Å². The standard InChI is InChI=1S/C12H18N4O4/c1-7-14-10(16-20-7)4-5-13-12(19)15-9(6-11(17)18)8-2-3-8/h8-9H,2-6H2,1H3,(H,17,18)(H2,13,15,19). The Morgan fingerprint density at radius 3 is 2.80 bits per heavy atom. The molecule has 2 rings (SSSR count). The van der Waals surface area contributed by atoms with E-state index < -0.39 is 5.97 Å². The Kier molecular flexibility index (Phi) is 4.54. The van der Waals surface area contributed by atoms with E-state index in [9.17, 15) is 9.59 Å². The molecule has 1 aliphatic rings. The van der Waals surface area contributed by atoms with Crippen molar-refractivity contribution >= 4 is 12.0 Å². The SMILES string of the molecule is Cc1nc(CCNC(=O)NC(CC(=O)O)C2CC2)no1. The Morgan fingerprint density at radius 2 is 2.25 bits per heavy atom. The van der Waals surface area contributed by atoms with E-state index in [1.54, 1.807) is 6.92 Å². The quantitative estimate of drug-likeness (QED) is 0.669. The number of nitrogens with zero attached hydrogens (tertiary/aromatic N) is 2. The van der Waals surface area contributed by atoms with Crippen LogP contribution in [-0.4, -0.2) is 39.8 Å². The Morgan fingerprint density at radius 1 is 1.50 bits per heavy atom. The first-order valence-corrected chi connectivity index (χ1v) is 6.60. The highest BCUT2D eigenvalue weighted by molar-refractivity contribution is 5.75. The van der Waals surface area contributed by atoms with Crippen LogP contribution >= 0.6 is 0 Å². The highest BCUT2D eigenvalue weighted by Crippen LogP contribution is 2.33. The minimum Gasteiger partial charge on any atom is -0.481 e. The summed E-state index contributed by atoms with van der Waals surface area (Å²) in [4.78, 5) is 26.4. The molecule has 1 atom stereocenters. The summed E-state index contributed by atoms with van der Waals surface area (Å²) in [6.45, 7) is 2.07. The fraction of sp³-hybridized carbons (Fsp3) is 0.667. The van der Waals surface area contributed by atoms with Crippen LogP contribution in [0.25, 0.3) is 0 Å². The van der Waals surface area contributed by atoms with E-state index >= 15 is 0 Å². The highest BCUT2D eigenvalue weighted by Gasteiger charge is 2.33. The smallest absolute Gasteiger partial charge is 0.315 e. The van der Waals surface area contributed by atoms with Crippen molar-refractivity contribution in [1.82, 2.24) is 20.8 Å². The van der Waals surface area contributed by atoms with E-state index in [2.05, 4.69) is 20.8 Å². The van der Waals surface area contributed by atoms with Gasteiger partial charge in [-0.1, -0.05) is 5.16 Å². The van der Waals surface area contributed by atoms with Crippen LogP contribution in [-0.2, 0) is 11.2 Å². The molecule has 0 aromatic carbocycles. The maximum atomic E-state index is 11.7. The van der Waals surface area contributed by atoms with Gasteiger partial charge in [-0.2, -0.15) is 4.98 Å². The van der Waals surface area contributed by atoms with Gasteiger partial charge in [0.15, 0.2) is 5.82 Å². The zero-order chi connectivity index (χ0) is 14.5. The van der Waals surface area contributed by atoms with E-state index in [4.69, 9.17) is 9.63 Å². The summed E-state index contributed by atoms with van der Waals surface area (Å²) in [6, 6.07) is -0.650. The molecule has 1 aromatic heterocycles. The Labute approximate surface area is 115 Å². The van der Waals surface area contributed by atoms with Gasteiger partial charge in [0.05, 0.1) is 6.42 Å². The third kappa shape index (κ3) is 4.52. The first-order chi connectivity index (χ1) is 9.54. The zero-order valence-electron chi connectivity index (χ0n) is 11.3. The number of aliphatic carboxylic acids is 1. The van der Waals surface area contributed by atoms with Gasteiger partial charge in [-0.25, -0.2) is 4.79 Å². The van der Waals surface area contributed by atoms with Gasteiger partial charge in [-0.05, 0) is 18.8 Å². The molecule has 2 amide bonds. The summed E-state index contributed by atoms with van der Waals surface area (Å²) in [5.74, 6) is 0.410. The number of aromatic nitrogens is 2. The number of carboxylic acids is 1. The molecule has 1 unspecified atom stereocenters. The van der Waals surface area contributed by atoms with Gasteiger partial charge in [0.25, 0.3) is 0 Å². The van der Waals surface area contributed by atoms with Crippen molar-refractivity contribution in [3.05, 3.63) is 11.7 Å². The predicted octanol–water partition coefficient (Wildman–Crippen LogP) is 0.473. The maximum Gasteiger partial charge on any atom is 0.315 e. The van der Waals surface area contributed by atoms with Gasteiger partial charge in [0, 0.05) is 25.9 Å². The summed E-state index contributed by atoms with van der Waals surface area (Å²) in [5.41, 5.74) is 0. The van der Waals surface area contributed by atoms with Crippen molar-refractivity contribution < 1.29 is 19.2 Å². The monoisotopic (exact) mass is 282 g/mol. The minimum atomic E-state index is -0.899. The summed E-state index contributed by atoms with van der Waals surface area (Å²) in [5, 5.41) is 17.9. The number of urea groups is 1. The molecule has 110 valence electrons. The van der Waals surface area contributed by atoms with Crippen molar-refractivity contribution in [2.45, 2.75) is 38.6 Å². The van der Waals surface area contributed by atoms with Crippen molar-refractivity contribution in [3.63, 3.8) is 0 Å². The lowest BCUT2D eigenvalue weighted by atomic mass is 10.1. The molecule has 0 spiro atoms. The van der Waals surface area contributed by atoms with Crippen LogP contribution in [0.2, 0.25) is 0 Å². The molecule has 0 saturated heterocycles. The van der Waals surface area contributed by atoms with E-state index in [-0.39, 0.29) is 24.4 Å². The number of carbonyl (C=O) groups excluding carboxylic acids is 1. The van der Waals surface area contributed by atoms with Crippen LogP contribution in [0.4, 0.5) is 4.79 Å². The third-order valence-electron chi connectivity index (χ3n) is 3.11. The first-order valence-electron chi connectivity index (χ1n) is 6.60. The molecule has 0 aliphatic heterocycles. The summed E-state index contributed by atoms with van der Waals surface area (Å²) >= 11 is 0. The van der Waals surface area contributed by atoms with E-state index in [1.165, 1.54) is 0 Å². The molecular formula is C12H18N4O4. The van der Waals surface area contributed by atoms with Gasteiger partial charge in [-0.15, -0.1) is 0 Å². The fourth-order valence-electron chi connectivity index (χ4n) is 1.97. The summed E-state index contributed by atoms with van der Waals surface area (Å²) in [6.07, 6.45) is 2.38. The number of amides is 2. The first kappa shape index (κ1) is 14.3. The highest BCUT2D eigenvalue weighted by atomic mass is 16.5. The molecule has 1 aromatic rings. The van der Waals surface area contributed by atoms with Crippen LogP contribution in [0.15, 0.2) is 4.52 Å². The maximum absolute atomic E-state index is 11.7. The third-order valence-corrected chi connectivity index (χ3v) is 3.11. The number of rotatable bonds is 7. The van der Waals surface area contributed by atoms with Gasteiger partial charge in [-0.3, -0.25) is 4.79 Å². The van der Waals surface area contributed by atoms with E-state index in [0.717, 1.165) is 12.8 Å². The molecular weight excluding hydrogens is 264 g/mol. The number of aryl methyl sites for hydroxylation is 1. The van der Waals surface area contributed by atoms with Gasteiger partial charge in [0.1, 0.15) is 0 Å². The number of hydrogen-bond donors (Lipinski definition) is 3. The molecule has 1 saturated carbocycles. The average Bonchev–Trinajstić information content (AvgIpc) is 3.12. The second-order valence-corrected chi connectivity index (χ2v) is 4.92. The van der Waals surface area contributed by atoms with E-state index in [0.29, 0.717) is 24.7 Å². The molecule has 20 heavy (non-hydrogen) atoms. The van der Waals surface area contributed by atoms with Crippen molar-refractivity contribution in [1.29, 1.82) is 0 Å². The molecule has 1 heterocycles. The zero-order valence-corrected chi connectivity index (χ0v) is 11.3. The Hall–Kier alpha value is -2.12. The number of carboxylic acid groups (broad SMARTS) is 1. The van der Waals surface area contributed by atoms with Gasteiger partial charge < -0.3 is 20.3 Å². The fourth-order valence-corrected chi connectivity index (χ4v) is 1.97. The molecule has 0 bridgehead atoms. The minimum absolute atomic E-state index is 0.0396. The van der Waals surface area contributed by atoms with Crippen LogP contribution in [0.5, 0.6) is 0 Å². The molecule has 3 N–H and O–H groups in total. The van der Waals surface area contributed by atoms with Crippen LogP contribution < -0.4 is 10.6 Å². The average molecular weight is 282 g/mol. The molecule has 1 fully saturated rings. The van der Waals surface area contributed by atoms with E-state index in [1.807, 2.05) is 0 Å². The second kappa shape index (κ2) is 6.36. The van der Waals surface area contributed by atoms with Gasteiger partial charge in [0.2, 0.25) is 5.89 Å². The molecule has 0 radical (unpaired) electrons. The van der Waals surface area contributed by atoms with Crippen LogP contribution in [0.1, 0.15) is 31.0 Å². The number of carbonyl (C=O) groups is 2. The summed E-state index contributed by atoms with van der Waals surface area (Å²) < 4.78 is 4.82. The van der Waals surface area contributed by atoms with Crippen molar-refractivity contribution in [2.75, 3.05) is 6.54 Å². The predicted molar refractivity (Wildman–Crippen MR) is 68.0 cm³/mol. The lowest BCUT2D eigenvalue weighted by Crippen LogP contribution is -2.44.